The van der Waals surface area contributed by atoms with Crippen LogP contribution in [0.1, 0.15) is 16.7 Å². The first-order valence-corrected chi connectivity index (χ1v) is 4.01. The SMILES string of the molecule is Cc1ccc(CCl)c(C)c1F. The zero-order valence-corrected chi connectivity index (χ0v) is 7.37. The summed E-state index contributed by atoms with van der Waals surface area (Å²) < 4.78 is 13.1. The van der Waals surface area contributed by atoms with Gasteiger partial charge in [0.1, 0.15) is 5.82 Å². The van der Waals surface area contributed by atoms with Gasteiger partial charge >= 0.3 is 0 Å². The molecule has 0 aliphatic carbocycles. The molecule has 0 aromatic heterocycles. The highest BCUT2D eigenvalue weighted by molar-refractivity contribution is 6.17. The van der Waals surface area contributed by atoms with E-state index >= 15 is 0 Å². The Kier molecular flexibility index (Phi) is 2.50. The zero-order chi connectivity index (χ0) is 8.43. The first-order valence-electron chi connectivity index (χ1n) is 3.47. The Morgan fingerprint density at radius 1 is 1.36 bits per heavy atom. The second-order valence-electron chi connectivity index (χ2n) is 2.61. The van der Waals surface area contributed by atoms with E-state index < -0.39 is 0 Å². The van der Waals surface area contributed by atoms with Crippen LogP contribution in [-0.2, 0) is 5.88 Å². The molecule has 0 fully saturated rings. The average Bonchev–Trinajstić information content (AvgIpc) is 2.01. The highest BCUT2D eigenvalue weighted by atomic mass is 35.5. The maximum atomic E-state index is 13.1. The number of hydrogen-bond acceptors (Lipinski definition) is 0. The van der Waals surface area contributed by atoms with Crippen molar-refractivity contribution in [3.8, 4) is 0 Å². The van der Waals surface area contributed by atoms with Crippen molar-refractivity contribution in [2.24, 2.45) is 0 Å². The molecule has 60 valence electrons. The van der Waals surface area contributed by atoms with Crippen molar-refractivity contribution in [3.05, 3.63) is 34.6 Å². The van der Waals surface area contributed by atoms with Crippen LogP contribution >= 0.6 is 11.6 Å². The van der Waals surface area contributed by atoms with Crippen LogP contribution in [0, 0.1) is 19.7 Å². The number of benzene rings is 1. The van der Waals surface area contributed by atoms with Crippen LogP contribution in [0.4, 0.5) is 4.39 Å². The van der Waals surface area contributed by atoms with Crippen molar-refractivity contribution in [2.45, 2.75) is 19.7 Å². The summed E-state index contributed by atoms with van der Waals surface area (Å²) in [6, 6.07) is 3.61. The fourth-order valence-electron chi connectivity index (χ4n) is 1.01. The average molecular weight is 173 g/mol. The Morgan fingerprint density at radius 3 is 2.55 bits per heavy atom. The Labute approximate surface area is 71.0 Å². The lowest BCUT2D eigenvalue weighted by molar-refractivity contribution is 0.607. The van der Waals surface area contributed by atoms with E-state index in [-0.39, 0.29) is 5.82 Å². The summed E-state index contributed by atoms with van der Waals surface area (Å²) in [5, 5.41) is 0. The van der Waals surface area contributed by atoms with Gasteiger partial charge in [0.25, 0.3) is 0 Å². The summed E-state index contributed by atoms with van der Waals surface area (Å²) in [6.45, 7) is 3.50. The Bertz CT molecular complexity index is 269. The molecule has 0 saturated carbocycles. The minimum Gasteiger partial charge on any atom is -0.206 e. The van der Waals surface area contributed by atoms with Gasteiger partial charge in [-0.3, -0.25) is 0 Å². The predicted octanol–water partition coefficient (Wildman–Crippen LogP) is 3.18. The molecule has 0 aliphatic rings. The lowest BCUT2D eigenvalue weighted by Crippen LogP contribution is -1.92. The molecule has 1 rings (SSSR count). The standard InChI is InChI=1S/C9H10ClF/c1-6-3-4-8(5-10)7(2)9(6)11/h3-4H,5H2,1-2H3. The smallest absolute Gasteiger partial charge is 0.129 e. The number of alkyl halides is 1. The normalized spacial score (nSPS) is 10.2. The van der Waals surface area contributed by atoms with Gasteiger partial charge in [0, 0.05) is 5.88 Å². The van der Waals surface area contributed by atoms with Crippen molar-refractivity contribution in [3.63, 3.8) is 0 Å². The van der Waals surface area contributed by atoms with Crippen LogP contribution in [0.15, 0.2) is 12.1 Å². The molecule has 0 saturated heterocycles. The maximum Gasteiger partial charge on any atom is 0.129 e. The molecule has 0 spiro atoms. The highest BCUT2D eigenvalue weighted by Crippen LogP contribution is 2.17. The van der Waals surface area contributed by atoms with Gasteiger partial charge in [-0.05, 0) is 30.5 Å². The summed E-state index contributed by atoms with van der Waals surface area (Å²) in [5.41, 5.74) is 2.21. The molecule has 2 heteroatoms. The molecule has 11 heavy (non-hydrogen) atoms. The van der Waals surface area contributed by atoms with Gasteiger partial charge < -0.3 is 0 Å². The maximum absolute atomic E-state index is 13.1. The number of rotatable bonds is 1. The predicted molar refractivity (Wildman–Crippen MR) is 45.4 cm³/mol. The van der Waals surface area contributed by atoms with Crippen LogP contribution < -0.4 is 0 Å². The summed E-state index contributed by atoms with van der Waals surface area (Å²) >= 11 is 5.59. The Balaban J connectivity index is 3.25. The van der Waals surface area contributed by atoms with E-state index in [1.54, 1.807) is 19.9 Å². The monoisotopic (exact) mass is 172 g/mol. The molecule has 1 aromatic rings. The van der Waals surface area contributed by atoms with E-state index in [0.29, 0.717) is 17.0 Å². The quantitative estimate of drug-likeness (QED) is 0.571. The first kappa shape index (κ1) is 8.54. The van der Waals surface area contributed by atoms with Crippen molar-refractivity contribution in [1.82, 2.24) is 0 Å². The van der Waals surface area contributed by atoms with E-state index in [9.17, 15) is 4.39 Å². The van der Waals surface area contributed by atoms with Gasteiger partial charge in [-0.25, -0.2) is 4.39 Å². The third kappa shape index (κ3) is 1.54. The number of hydrogen-bond donors (Lipinski definition) is 0. The van der Waals surface area contributed by atoms with Crippen LogP contribution in [0.25, 0.3) is 0 Å². The molecule has 0 heterocycles. The van der Waals surface area contributed by atoms with Crippen LogP contribution in [0.3, 0.4) is 0 Å². The van der Waals surface area contributed by atoms with Gasteiger partial charge in [-0.1, -0.05) is 12.1 Å². The first-order chi connectivity index (χ1) is 5.16. The van der Waals surface area contributed by atoms with Crippen molar-refractivity contribution in [1.29, 1.82) is 0 Å². The molecule has 0 nitrogen and oxygen atoms in total. The lowest BCUT2D eigenvalue weighted by atomic mass is 10.1. The van der Waals surface area contributed by atoms with Crippen molar-refractivity contribution < 1.29 is 4.39 Å². The summed E-state index contributed by atoms with van der Waals surface area (Å²) in [6.07, 6.45) is 0. The summed E-state index contributed by atoms with van der Waals surface area (Å²) in [4.78, 5) is 0. The molecule has 0 N–H and O–H groups in total. The number of aryl methyl sites for hydroxylation is 1. The van der Waals surface area contributed by atoms with E-state index in [2.05, 4.69) is 0 Å². The van der Waals surface area contributed by atoms with Crippen LogP contribution in [0.5, 0.6) is 0 Å². The van der Waals surface area contributed by atoms with Crippen molar-refractivity contribution >= 4 is 11.6 Å². The van der Waals surface area contributed by atoms with Crippen LogP contribution in [0.2, 0.25) is 0 Å². The molecule has 0 bridgehead atoms. The second kappa shape index (κ2) is 3.22. The van der Waals surface area contributed by atoms with Gasteiger partial charge in [0.2, 0.25) is 0 Å². The van der Waals surface area contributed by atoms with Gasteiger partial charge in [0.05, 0.1) is 0 Å². The van der Waals surface area contributed by atoms with E-state index in [0.717, 1.165) is 5.56 Å². The Morgan fingerprint density at radius 2 is 2.00 bits per heavy atom. The summed E-state index contributed by atoms with van der Waals surface area (Å²) in [5.74, 6) is 0.242. The fraction of sp³-hybridized carbons (Fsp3) is 0.333. The third-order valence-corrected chi connectivity index (χ3v) is 2.12. The lowest BCUT2D eigenvalue weighted by Gasteiger charge is -2.04. The minimum absolute atomic E-state index is 0.136. The van der Waals surface area contributed by atoms with Crippen molar-refractivity contribution in [2.75, 3.05) is 0 Å². The third-order valence-electron chi connectivity index (χ3n) is 1.84. The minimum atomic E-state index is -0.136. The molecular weight excluding hydrogens is 163 g/mol. The molecule has 0 unspecified atom stereocenters. The molecule has 1 aromatic carbocycles. The van der Waals surface area contributed by atoms with E-state index in [4.69, 9.17) is 11.6 Å². The largest absolute Gasteiger partial charge is 0.206 e. The molecule has 0 atom stereocenters. The molecule has 0 aliphatic heterocycles. The van der Waals surface area contributed by atoms with E-state index in [1.165, 1.54) is 0 Å². The summed E-state index contributed by atoms with van der Waals surface area (Å²) in [7, 11) is 0. The molecular formula is C9H10ClF. The van der Waals surface area contributed by atoms with Gasteiger partial charge in [-0.2, -0.15) is 0 Å². The Hall–Kier alpha value is -0.560. The number of halogens is 2. The van der Waals surface area contributed by atoms with Crippen LogP contribution in [-0.4, -0.2) is 0 Å². The van der Waals surface area contributed by atoms with Gasteiger partial charge in [-0.15, -0.1) is 11.6 Å². The second-order valence-corrected chi connectivity index (χ2v) is 2.88. The fourth-order valence-corrected chi connectivity index (χ4v) is 1.29. The van der Waals surface area contributed by atoms with Gasteiger partial charge in [0.15, 0.2) is 0 Å². The molecule has 0 amide bonds. The zero-order valence-electron chi connectivity index (χ0n) is 6.62. The topological polar surface area (TPSA) is 0 Å². The molecule has 0 radical (unpaired) electrons. The van der Waals surface area contributed by atoms with E-state index in [1.807, 2.05) is 6.07 Å². The highest BCUT2D eigenvalue weighted by Gasteiger charge is 2.04.